The summed E-state index contributed by atoms with van der Waals surface area (Å²) in [5.41, 5.74) is 3.54. The Morgan fingerprint density at radius 1 is 1.80 bits per heavy atom. The van der Waals surface area contributed by atoms with Gasteiger partial charge in [0.1, 0.15) is 0 Å². The first-order chi connectivity index (χ1) is 4.70. The predicted molar refractivity (Wildman–Crippen MR) is 41.8 cm³/mol. The van der Waals surface area contributed by atoms with Crippen LogP contribution in [0.5, 0.6) is 0 Å². The number of hydrogen-bond acceptors (Lipinski definition) is 1. The van der Waals surface area contributed by atoms with Crippen molar-refractivity contribution >= 4 is 0 Å². The highest BCUT2D eigenvalue weighted by atomic mass is 15.1. The van der Waals surface area contributed by atoms with E-state index >= 15 is 0 Å². The Hall–Kier alpha value is -1.05. The van der Waals surface area contributed by atoms with Crippen molar-refractivity contribution in [2.24, 2.45) is 0 Å². The summed E-state index contributed by atoms with van der Waals surface area (Å²) in [4.78, 5) is 0. The molecule has 0 spiro atoms. The molecule has 0 aliphatic heterocycles. The van der Waals surface area contributed by atoms with Crippen LogP contribution in [0.15, 0.2) is 18.3 Å². The average molecular weight is 136 g/mol. The van der Waals surface area contributed by atoms with Gasteiger partial charge in [-0.1, -0.05) is 12.2 Å². The maximum Gasteiger partial charge on any atom is 0.0519 e. The van der Waals surface area contributed by atoms with Crippen molar-refractivity contribution in [1.82, 2.24) is 10.2 Å². The summed E-state index contributed by atoms with van der Waals surface area (Å²) in [7, 11) is 0. The summed E-state index contributed by atoms with van der Waals surface area (Å²) < 4.78 is 0. The average Bonchev–Trinajstić information content (AvgIpc) is 2.15. The molecule has 0 amide bonds. The lowest BCUT2D eigenvalue weighted by atomic mass is 10.1. The van der Waals surface area contributed by atoms with Crippen LogP contribution in [0.4, 0.5) is 0 Å². The number of H-pyrrole nitrogens is 1. The predicted octanol–water partition coefficient (Wildman–Crippen LogP) is 1.84. The van der Waals surface area contributed by atoms with Crippen molar-refractivity contribution in [2.75, 3.05) is 0 Å². The second-order valence-electron chi connectivity index (χ2n) is 2.67. The van der Waals surface area contributed by atoms with Crippen LogP contribution in [0.3, 0.4) is 0 Å². The normalized spacial score (nSPS) is 9.80. The molecule has 2 nitrogen and oxygen atoms in total. The Balaban J connectivity index is 2.74. The van der Waals surface area contributed by atoms with Gasteiger partial charge in [-0.15, -0.1) is 0 Å². The van der Waals surface area contributed by atoms with Gasteiger partial charge in [0.25, 0.3) is 0 Å². The van der Waals surface area contributed by atoms with Crippen LogP contribution >= 0.6 is 0 Å². The van der Waals surface area contributed by atoms with Gasteiger partial charge in [0.2, 0.25) is 0 Å². The summed E-state index contributed by atoms with van der Waals surface area (Å²) in [5.74, 6) is 0. The number of allylic oxidation sites excluding steroid dienone is 1. The number of nitrogens with zero attached hydrogens (tertiary/aromatic N) is 1. The van der Waals surface area contributed by atoms with Gasteiger partial charge in [0.15, 0.2) is 0 Å². The summed E-state index contributed by atoms with van der Waals surface area (Å²) in [6, 6.07) is 0. The zero-order valence-electron chi connectivity index (χ0n) is 6.44. The molecule has 0 bridgehead atoms. The van der Waals surface area contributed by atoms with E-state index < -0.39 is 0 Å². The number of nitrogens with one attached hydrogen (secondary N) is 1. The van der Waals surface area contributed by atoms with Crippen molar-refractivity contribution < 1.29 is 0 Å². The van der Waals surface area contributed by atoms with Gasteiger partial charge in [-0.3, -0.25) is 5.10 Å². The number of hydrogen-bond donors (Lipinski definition) is 1. The van der Waals surface area contributed by atoms with E-state index in [1.165, 1.54) is 11.3 Å². The largest absolute Gasteiger partial charge is 0.282 e. The Labute approximate surface area is 61.0 Å². The first-order valence-electron chi connectivity index (χ1n) is 3.33. The molecule has 0 aromatic carbocycles. The number of aromatic amines is 1. The highest BCUT2D eigenvalue weighted by Crippen LogP contribution is 2.06. The third-order valence-corrected chi connectivity index (χ3v) is 1.41. The Morgan fingerprint density at radius 2 is 2.50 bits per heavy atom. The summed E-state index contributed by atoms with van der Waals surface area (Å²) in [6.07, 6.45) is 2.74. The highest BCUT2D eigenvalue weighted by molar-refractivity contribution is 5.18. The molecule has 1 rings (SSSR count). The van der Waals surface area contributed by atoms with E-state index in [-0.39, 0.29) is 0 Å². The van der Waals surface area contributed by atoms with Crippen LogP contribution in [0.2, 0.25) is 0 Å². The molecule has 1 aromatic rings. The molecule has 54 valence electrons. The van der Waals surface area contributed by atoms with Crippen LogP contribution < -0.4 is 0 Å². The van der Waals surface area contributed by atoms with E-state index in [1.807, 2.05) is 20.0 Å². The Morgan fingerprint density at radius 3 is 2.90 bits per heavy atom. The zero-order valence-corrected chi connectivity index (χ0v) is 6.44. The van der Waals surface area contributed by atoms with Crippen molar-refractivity contribution in [3.8, 4) is 0 Å². The molecule has 10 heavy (non-hydrogen) atoms. The van der Waals surface area contributed by atoms with Crippen molar-refractivity contribution in [1.29, 1.82) is 0 Å². The van der Waals surface area contributed by atoms with Crippen LogP contribution in [0, 0.1) is 6.92 Å². The topological polar surface area (TPSA) is 28.7 Å². The first-order valence-corrected chi connectivity index (χ1v) is 3.33. The molecule has 0 unspecified atom stereocenters. The van der Waals surface area contributed by atoms with Crippen molar-refractivity contribution in [3.05, 3.63) is 29.6 Å². The lowest BCUT2D eigenvalue weighted by Crippen LogP contribution is -1.87. The van der Waals surface area contributed by atoms with E-state index in [9.17, 15) is 0 Å². The minimum absolute atomic E-state index is 0.909. The molecular formula is C8H12N2. The number of aromatic nitrogens is 2. The summed E-state index contributed by atoms with van der Waals surface area (Å²) >= 11 is 0. The Kier molecular flexibility index (Phi) is 1.90. The lowest BCUT2D eigenvalue weighted by Gasteiger charge is -1.95. The second-order valence-corrected chi connectivity index (χ2v) is 2.67. The molecule has 1 N–H and O–H groups in total. The highest BCUT2D eigenvalue weighted by Gasteiger charge is 1.98. The van der Waals surface area contributed by atoms with Crippen LogP contribution in [0.1, 0.15) is 18.2 Å². The Bertz CT molecular complexity index is 235. The van der Waals surface area contributed by atoms with Crippen molar-refractivity contribution in [2.45, 2.75) is 20.3 Å². The summed E-state index contributed by atoms with van der Waals surface area (Å²) in [6.45, 7) is 7.88. The van der Waals surface area contributed by atoms with Crippen molar-refractivity contribution in [3.63, 3.8) is 0 Å². The molecule has 1 aromatic heterocycles. The van der Waals surface area contributed by atoms with Gasteiger partial charge in [-0.25, -0.2) is 0 Å². The van der Waals surface area contributed by atoms with Crippen LogP contribution in [-0.4, -0.2) is 10.2 Å². The lowest BCUT2D eigenvalue weighted by molar-refractivity contribution is 0.981. The molecule has 0 saturated heterocycles. The maximum atomic E-state index is 3.91. The fourth-order valence-corrected chi connectivity index (χ4v) is 0.854. The van der Waals surface area contributed by atoms with Gasteiger partial charge in [0.05, 0.1) is 6.20 Å². The standard InChI is InChI=1S/C8H12N2/c1-6(2)4-8-7(3)5-9-10-8/h5H,1,4H2,2-3H3,(H,9,10). The van der Waals surface area contributed by atoms with Crippen LogP contribution in [0.25, 0.3) is 0 Å². The van der Waals surface area contributed by atoms with E-state index in [4.69, 9.17) is 0 Å². The third-order valence-electron chi connectivity index (χ3n) is 1.41. The SMILES string of the molecule is C=C(C)Cc1[nH]ncc1C. The fraction of sp³-hybridized carbons (Fsp3) is 0.375. The van der Waals surface area contributed by atoms with Crippen LogP contribution in [-0.2, 0) is 6.42 Å². The second kappa shape index (κ2) is 2.69. The molecule has 0 aliphatic rings. The molecule has 2 heteroatoms. The molecule has 0 atom stereocenters. The van der Waals surface area contributed by atoms with E-state index in [2.05, 4.69) is 16.8 Å². The minimum Gasteiger partial charge on any atom is -0.282 e. The first kappa shape index (κ1) is 7.06. The minimum atomic E-state index is 0.909. The van der Waals surface area contributed by atoms with E-state index in [0.717, 1.165) is 12.0 Å². The van der Waals surface area contributed by atoms with E-state index in [0.29, 0.717) is 0 Å². The summed E-state index contributed by atoms with van der Waals surface area (Å²) in [5, 5.41) is 6.83. The smallest absolute Gasteiger partial charge is 0.0519 e. The molecular weight excluding hydrogens is 124 g/mol. The fourth-order valence-electron chi connectivity index (χ4n) is 0.854. The van der Waals surface area contributed by atoms with Gasteiger partial charge >= 0.3 is 0 Å². The molecule has 0 fully saturated rings. The van der Waals surface area contributed by atoms with E-state index in [1.54, 1.807) is 0 Å². The van der Waals surface area contributed by atoms with Gasteiger partial charge in [-0.2, -0.15) is 5.10 Å². The molecule has 1 heterocycles. The third kappa shape index (κ3) is 1.47. The number of rotatable bonds is 2. The molecule has 0 saturated carbocycles. The zero-order chi connectivity index (χ0) is 7.56. The number of aryl methyl sites for hydroxylation is 1. The van der Waals surface area contributed by atoms with Gasteiger partial charge in [-0.05, 0) is 19.4 Å². The monoisotopic (exact) mass is 136 g/mol. The van der Waals surface area contributed by atoms with Gasteiger partial charge < -0.3 is 0 Å². The molecule has 0 radical (unpaired) electrons. The molecule has 0 aliphatic carbocycles. The maximum absolute atomic E-state index is 3.91. The van der Waals surface area contributed by atoms with Gasteiger partial charge in [0, 0.05) is 12.1 Å². The quantitative estimate of drug-likeness (QED) is 0.617.